The second-order valence-corrected chi connectivity index (χ2v) is 5.12. The van der Waals surface area contributed by atoms with Crippen molar-refractivity contribution in [3.63, 3.8) is 0 Å². The molecule has 1 heterocycles. The fourth-order valence-corrected chi connectivity index (χ4v) is 2.44. The van der Waals surface area contributed by atoms with Gasteiger partial charge in [0.25, 0.3) is 0 Å². The van der Waals surface area contributed by atoms with Crippen molar-refractivity contribution in [2.24, 2.45) is 0 Å². The van der Waals surface area contributed by atoms with Gasteiger partial charge in [-0.05, 0) is 42.0 Å². The number of nitrogens with one attached hydrogen (secondary N) is 1. The molecule has 3 nitrogen and oxygen atoms in total. The Labute approximate surface area is 130 Å². The van der Waals surface area contributed by atoms with Crippen molar-refractivity contribution in [2.75, 3.05) is 0 Å². The molecular formula is C19H17N3. The molecule has 0 unspecified atom stereocenters. The van der Waals surface area contributed by atoms with Gasteiger partial charge in [0.2, 0.25) is 0 Å². The lowest BCUT2D eigenvalue weighted by molar-refractivity contribution is 0.669. The molecule has 0 radical (unpaired) electrons. The average molecular weight is 287 g/mol. The van der Waals surface area contributed by atoms with E-state index in [9.17, 15) is 0 Å². The standard InChI is InChI=1S/C19H17N3/c20-13-16-8-10-18(11-9-16)22-12-4-7-19(22)15-21-14-17-5-2-1-3-6-17/h1-12,21H,14-15H2. The van der Waals surface area contributed by atoms with Crippen molar-refractivity contribution in [1.29, 1.82) is 5.26 Å². The Bertz CT molecular complexity index is 764. The summed E-state index contributed by atoms with van der Waals surface area (Å²) in [4.78, 5) is 0. The molecule has 0 saturated carbocycles. The number of nitrogens with zero attached hydrogens (tertiary/aromatic N) is 2. The minimum atomic E-state index is 0.680. The number of nitriles is 1. The molecule has 0 aliphatic rings. The summed E-state index contributed by atoms with van der Waals surface area (Å²) in [6.45, 7) is 1.64. The first kappa shape index (κ1) is 14.1. The highest BCUT2D eigenvalue weighted by molar-refractivity contribution is 5.41. The number of aromatic nitrogens is 1. The molecule has 1 N–H and O–H groups in total. The maximum absolute atomic E-state index is 8.87. The van der Waals surface area contributed by atoms with Crippen LogP contribution in [0, 0.1) is 11.3 Å². The van der Waals surface area contributed by atoms with Gasteiger partial charge < -0.3 is 9.88 Å². The molecule has 3 aromatic rings. The molecule has 0 bridgehead atoms. The Morgan fingerprint density at radius 3 is 2.36 bits per heavy atom. The first-order chi connectivity index (χ1) is 10.9. The Morgan fingerprint density at radius 1 is 0.864 bits per heavy atom. The van der Waals surface area contributed by atoms with Gasteiger partial charge in [0, 0.05) is 30.7 Å². The fourth-order valence-electron chi connectivity index (χ4n) is 2.44. The van der Waals surface area contributed by atoms with Gasteiger partial charge in [-0.15, -0.1) is 0 Å². The van der Waals surface area contributed by atoms with Gasteiger partial charge in [0.15, 0.2) is 0 Å². The normalized spacial score (nSPS) is 10.3. The van der Waals surface area contributed by atoms with Crippen molar-refractivity contribution in [2.45, 2.75) is 13.1 Å². The molecule has 0 saturated heterocycles. The lowest BCUT2D eigenvalue weighted by Crippen LogP contribution is -2.15. The van der Waals surface area contributed by atoms with Gasteiger partial charge in [-0.1, -0.05) is 30.3 Å². The Kier molecular flexibility index (Phi) is 4.33. The van der Waals surface area contributed by atoms with Gasteiger partial charge in [0.05, 0.1) is 11.6 Å². The predicted molar refractivity (Wildman–Crippen MR) is 87.5 cm³/mol. The summed E-state index contributed by atoms with van der Waals surface area (Å²) in [6, 6.07) is 24.3. The number of rotatable bonds is 5. The van der Waals surface area contributed by atoms with E-state index >= 15 is 0 Å². The molecule has 1 aromatic heterocycles. The van der Waals surface area contributed by atoms with Crippen LogP contribution in [0.5, 0.6) is 0 Å². The maximum atomic E-state index is 8.87. The van der Waals surface area contributed by atoms with Crippen molar-refractivity contribution < 1.29 is 0 Å². The highest BCUT2D eigenvalue weighted by Gasteiger charge is 2.03. The summed E-state index contributed by atoms with van der Waals surface area (Å²) >= 11 is 0. The Hall–Kier alpha value is -2.83. The zero-order valence-electron chi connectivity index (χ0n) is 12.2. The van der Waals surface area contributed by atoms with Crippen LogP contribution in [-0.2, 0) is 13.1 Å². The van der Waals surface area contributed by atoms with Gasteiger partial charge in [-0.3, -0.25) is 0 Å². The summed E-state index contributed by atoms with van der Waals surface area (Å²) in [7, 11) is 0. The van der Waals surface area contributed by atoms with Crippen molar-refractivity contribution >= 4 is 0 Å². The van der Waals surface area contributed by atoms with Crippen LogP contribution >= 0.6 is 0 Å². The monoisotopic (exact) mass is 287 g/mol. The van der Waals surface area contributed by atoms with E-state index in [1.807, 2.05) is 42.6 Å². The van der Waals surface area contributed by atoms with E-state index in [1.165, 1.54) is 11.3 Å². The van der Waals surface area contributed by atoms with Crippen molar-refractivity contribution in [3.05, 3.63) is 89.7 Å². The summed E-state index contributed by atoms with van der Waals surface area (Å²) in [5, 5.41) is 12.3. The SMILES string of the molecule is N#Cc1ccc(-n2cccc2CNCc2ccccc2)cc1. The number of hydrogen-bond donors (Lipinski definition) is 1. The lowest BCUT2D eigenvalue weighted by atomic mass is 10.2. The molecular weight excluding hydrogens is 270 g/mol. The molecule has 3 rings (SSSR count). The van der Waals surface area contributed by atoms with Crippen molar-refractivity contribution in [3.8, 4) is 11.8 Å². The first-order valence-corrected chi connectivity index (χ1v) is 7.28. The smallest absolute Gasteiger partial charge is 0.0991 e. The Balaban J connectivity index is 1.68. The van der Waals surface area contributed by atoms with E-state index in [1.54, 1.807) is 0 Å². The summed E-state index contributed by atoms with van der Waals surface area (Å²) in [6.07, 6.45) is 2.04. The third-order valence-electron chi connectivity index (χ3n) is 3.59. The number of hydrogen-bond acceptors (Lipinski definition) is 2. The third kappa shape index (κ3) is 3.25. The third-order valence-corrected chi connectivity index (χ3v) is 3.59. The second kappa shape index (κ2) is 6.75. The molecule has 22 heavy (non-hydrogen) atoms. The van der Waals surface area contributed by atoms with Gasteiger partial charge in [-0.2, -0.15) is 5.26 Å². The van der Waals surface area contributed by atoms with E-state index in [0.717, 1.165) is 18.8 Å². The van der Waals surface area contributed by atoms with Crippen LogP contribution in [0.2, 0.25) is 0 Å². The van der Waals surface area contributed by atoms with Crippen LogP contribution < -0.4 is 5.32 Å². The summed E-state index contributed by atoms with van der Waals surface area (Å²) in [5.74, 6) is 0. The van der Waals surface area contributed by atoms with E-state index in [2.05, 4.69) is 46.3 Å². The van der Waals surface area contributed by atoms with Crippen LogP contribution in [0.25, 0.3) is 5.69 Å². The van der Waals surface area contributed by atoms with Gasteiger partial charge >= 0.3 is 0 Å². The average Bonchev–Trinajstić information content (AvgIpc) is 3.04. The lowest BCUT2D eigenvalue weighted by Gasteiger charge is -2.10. The fraction of sp³-hybridized carbons (Fsp3) is 0.105. The molecule has 0 fully saturated rings. The van der Waals surface area contributed by atoms with Crippen LogP contribution in [-0.4, -0.2) is 4.57 Å². The highest BCUT2D eigenvalue weighted by atomic mass is 15.0. The quantitative estimate of drug-likeness (QED) is 0.778. The minimum absolute atomic E-state index is 0.680. The second-order valence-electron chi connectivity index (χ2n) is 5.12. The Morgan fingerprint density at radius 2 is 1.64 bits per heavy atom. The molecule has 2 aromatic carbocycles. The maximum Gasteiger partial charge on any atom is 0.0991 e. The van der Waals surface area contributed by atoms with Crippen molar-refractivity contribution in [1.82, 2.24) is 9.88 Å². The molecule has 108 valence electrons. The summed E-state index contributed by atoms with van der Waals surface area (Å²) < 4.78 is 2.14. The molecule has 0 aliphatic carbocycles. The number of benzene rings is 2. The predicted octanol–water partition coefficient (Wildman–Crippen LogP) is 3.64. The first-order valence-electron chi connectivity index (χ1n) is 7.28. The van der Waals surface area contributed by atoms with Gasteiger partial charge in [0.1, 0.15) is 0 Å². The topological polar surface area (TPSA) is 40.8 Å². The molecule has 0 amide bonds. The van der Waals surface area contributed by atoms with Crippen LogP contribution in [0.1, 0.15) is 16.8 Å². The molecule has 3 heteroatoms. The van der Waals surface area contributed by atoms with E-state index in [4.69, 9.17) is 5.26 Å². The van der Waals surface area contributed by atoms with Gasteiger partial charge in [-0.25, -0.2) is 0 Å². The molecule has 0 spiro atoms. The summed E-state index contributed by atoms with van der Waals surface area (Å²) in [5.41, 5.74) is 4.22. The van der Waals surface area contributed by atoms with Crippen LogP contribution in [0.15, 0.2) is 72.9 Å². The van der Waals surface area contributed by atoms with Crippen LogP contribution in [0.4, 0.5) is 0 Å². The van der Waals surface area contributed by atoms with E-state index in [-0.39, 0.29) is 0 Å². The zero-order chi connectivity index (χ0) is 15.2. The highest BCUT2D eigenvalue weighted by Crippen LogP contribution is 2.14. The van der Waals surface area contributed by atoms with Crippen LogP contribution in [0.3, 0.4) is 0 Å². The van der Waals surface area contributed by atoms with E-state index in [0.29, 0.717) is 5.56 Å². The van der Waals surface area contributed by atoms with E-state index < -0.39 is 0 Å². The zero-order valence-corrected chi connectivity index (χ0v) is 12.2. The molecule has 0 atom stereocenters. The minimum Gasteiger partial charge on any atom is -0.320 e. The molecule has 0 aliphatic heterocycles. The largest absolute Gasteiger partial charge is 0.320 e.